The third-order valence-corrected chi connectivity index (χ3v) is 7.43. The van der Waals surface area contributed by atoms with Gasteiger partial charge in [-0.1, -0.05) is 19.1 Å². The average Bonchev–Trinajstić information content (AvgIpc) is 3.25. The number of aromatic amines is 1. The van der Waals surface area contributed by atoms with Gasteiger partial charge in [-0.3, -0.25) is 14.5 Å². The van der Waals surface area contributed by atoms with E-state index < -0.39 is 0 Å². The predicted molar refractivity (Wildman–Crippen MR) is 113 cm³/mol. The fraction of sp³-hybridized carbons (Fsp3) is 0.545. The Morgan fingerprint density at radius 3 is 2.97 bits per heavy atom. The number of anilines is 1. The van der Waals surface area contributed by atoms with E-state index in [1.165, 1.54) is 0 Å². The minimum Gasteiger partial charge on any atom is -0.323 e. The first-order chi connectivity index (χ1) is 15.5. The molecule has 32 heavy (non-hydrogen) atoms. The lowest BCUT2D eigenvalue weighted by Gasteiger charge is -2.36. The maximum Gasteiger partial charge on any atom is 0.244 e. The number of benzene rings is 1. The minimum atomic E-state index is -0.285. The van der Waals surface area contributed by atoms with Crippen LogP contribution in [0.1, 0.15) is 26.2 Å². The Bertz CT molecular complexity index is 1110. The van der Waals surface area contributed by atoms with Crippen LogP contribution in [0, 0.1) is 23.2 Å². The molecule has 4 fully saturated rings. The molecule has 1 unspecified atom stereocenters. The van der Waals surface area contributed by atoms with Crippen LogP contribution >= 0.6 is 0 Å². The molecule has 6 rings (SSSR count). The van der Waals surface area contributed by atoms with Gasteiger partial charge < -0.3 is 9.80 Å². The van der Waals surface area contributed by atoms with E-state index in [0.717, 1.165) is 37.1 Å². The second-order valence-corrected chi connectivity index (χ2v) is 9.44. The van der Waals surface area contributed by atoms with Crippen LogP contribution in [0.2, 0.25) is 0 Å². The summed E-state index contributed by atoms with van der Waals surface area (Å²) in [6.45, 7) is 3.22. The van der Waals surface area contributed by atoms with Gasteiger partial charge in [-0.2, -0.15) is 10.5 Å². The zero-order chi connectivity index (χ0) is 22.0. The lowest BCUT2D eigenvalue weighted by atomic mass is 10.1. The number of hydrogen-bond donors (Lipinski definition) is 1. The standard InChI is InChI=1S/C22H24N8O2/c1-12(21(31)30-16(9-23)6-14-7-18(14)30)10-28-11-17-8-19(28)22(32)29(17)15-4-2-3-13(5-15)20-24-26-27-25-20/h2-5,12,14,16-19H,6-8,10-11H2,1H3,(H,24,25,26,27)/t12-,14+,16-,17+,18?,19+/m0/s1. The van der Waals surface area contributed by atoms with E-state index in [4.69, 9.17) is 0 Å². The maximum absolute atomic E-state index is 13.2. The van der Waals surface area contributed by atoms with Crippen LogP contribution in [0.25, 0.3) is 11.4 Å². The molecule has 10 nitrogen and oxygen atoms in total. The number of nitriles is 1. The molecule has 6 atom stereocenters. The van der Waals surface area contributed by atoms with E-state index in [2.05, 4.69) is 31.6 Å². The second-order valence-electron chi connectivity index (χ2n) is 9.44. The number of piperidine rings is 1. The number of amides is 2. The molecule has 10 heteroatoms. The topological polar surface area (TPSA) is 122 Å². The van der Waals surface area contributed by atoms with Crippen LogP contribution in [-0.4, -0.2) is 79.5 Å². The molecule has 4 heterocycles. The number of carbonyl (C=O) groups excluding carboxylic acids is 2. The summed E-state index contributed by atoms with van der Waals surface area (Å²) in [5.41, 5.74) is 1.64. The van der Waals surface area contributed by atoms with Gasteiger partial charge in [0.2, 0.25) is 17.6 Å². The Morgan fingerprint density at radius 2 is 2.22 bits per heavy atom. The molecular weight excluding hydrogens is 408 g/mol. The van der Waals surface area contributed by atoms with Crippen LogP contribution in [-0.2, 0) is 9.59 Å². The first kappa shape index (κ1) is 19.4. The highest BCUT2D eigenvalue weighted by Gasteiger charge is 2.55. The van der Waals surface area contributed by atoms with Crippen molar-refractivity contribution in [2.75, 3.05) is 18.0 Å². The Labute approximate surface area is 185 Å². The highest BCUT2D eigenvalue weighted by atomic mass is 16.2. The number of H-pyrrole nitrogens is 1. The fourth-order valence-electron chi connectivity index (χ4n) is 5.86. The number of tetrazole rings is 1. The zero-order valence-electron chi connectivity index (χ0n) is 17.8. The number of fused-ring (bicyclic) bond motifs is 3. The third kappa shape index (κ3) is 2.92. The zero-order valence-corrected chi connectivity index (χ0v) is 17.8. The molecule has 4 aliphatic rings. The molecule has 1 N–H and O–H groups in total. The van der Waals surface area contributed by atoms with Gasteiger partial charge in [-0.05, 0) is 42.5 Å². The highest BCUT2D eigenvalue weighted by Crippen LogP contribution is 2.48. The van der Waals surface area contributed by atoms with Gasteiger partial charge in [0.15, 0.2) is 0 Å². The number of piperazine rings is 1. The van der Waals surface area contributed by atoms with Gasteiger partial charge in [0.05, 0.1) is 18.2 Å². The molecule has 1 aliphatic carbocycles. The molecular formula is C22H24N8O2. The number of likely N-dealkylation sites (tertiary alicyclic amines) is 2. The monoisotopic (exact) mass is 432 g/mol. The lowest BCUT2D eigenvalue weighted by molar-refractivity contribution is -0.137. The number of nitrogens with one attached hydrogen (secondary N) is 1. The van der Waals surface area contributed by atoms with Crippen molar-refractivity contribution in [3.8, 4) is 17.5 Å². The van der Waals surface area contributed by atoms with Crippen LogP contribution in [0.15, 0.2) is 24.3 Å². The van der Waals surface area contributed by atoms with Crippen molar-refractivity contribution in [3.05, 3.63) is 24.3 Å². The van der Waals surface area contributed by atoms with E-state index in [-0.39, 0.29) is 41.9 Å². The van der Waals surface area contributed by atoms with Crippen molar-refractivity contribution in [1.82, 2.24) is 30.4 Å². The van der Waals surface area contributed by atoms with Crippen LogP contribution in [0.4, 0.5) is 5.69 Å². The molecule has 1 aromatic carbocycles. The number of nitrogens with zero attached hydrogens (tertiary/aromatic N) is 7. The molecule has 3 saturated heterocycles. The van der Waals surface area contributed by atoms with Gasteiger partial charge in [0, 0.05) is 36.3 Å². The molecule has 1 aromatic heterocycles. The van der Waals surface area contributed by atoms with Gasteiger partial charge in [-0.25, -0.2) is 0 Å². The van der Waals surface area contributed by atoms with Crippen LogP contribution in [0.5, 0.6) is 0 Å². The van der Waals surface area contributed by atoms with Crippen molar-refractivity contribution in [2.45, 2.75) is 50.4 Å². The number of aromatic nitrogens is 4. The second kappa shape index (κ2) is 7.10. The van der Waals surface area contributed by atoms with E-state index in [1.807, 2.05) is 41.0 Å². The van der Waals surface area contributed by atoms with Gasteiger partial charge in [0.25, 0.3) is 0 Å². The Balaban J connectivity index is 1.14. The molecule has 0 spiro atoms. The van der Waals surface area contributed by atoms with Crippen molar-refractivity contribution >= 4 is 17.5 Å². The van der Waals surface area contributed by atoms with E-state index in [9.17, 15) is 14.9 Å². The Kier molecular flexibility index (Phi) is 4.30. The Hall–Kier alpha value is -3.32. The van der Waals surface area contributed by atoms with Crippen molar-refractivity contribution in [3.63, 3.8) is 0 Å². The van der Waals surface area contributed by atoms with Crippen molar-refractivity contribution in [2.24, 2.45) is 11.8 Å². The summed E-state index contributed by atoms with van der Waals surface area (Å²) in [4.78, 5) is 32.2. The normalized spacial score (nSPS) is 31.6. The number of carbonyl (C=O) groups is 2. The summed E-state index contributed by atoms with van der Waals surface area (Å²) < 4.78 is 0. The van der Waals surface area contributed by atoms with Crippen LogP contribution in [0.3, 0.4) is 0 Å². The SMILES string of the molecule is C[C@@H](CN1C[C@H]2C[C@@H]1C(=O)N2c1cccc(-c2nn[nH]n2)c1)C(=O)N1C2C[C@H]2C[C@H]1C#N. The molecule has 2 aromatic rings. The molecule has 3 aliphatic heterocycles. The number of rotatable bonds is 5. The molecule has 164 valence electrons. The summed E-state index contributed by atoms with van der Waals surface area (Å²) >= 11 is 0. The van der Waals surface area contributed by atoms with Crippen molar-refractivity contribution in [1.29, 1.82) is 5.26 Å². The van der Waals surface area contributed by atoms with Gasteiger partial charge in [0.1, 0.15) is 6.04 Å². The summed E-state index contributed by atoms with van der Waals surface area (Å²) in [6.07, 6.45) is 2.60. The fourth-order valence-corrected chi connectivity index (χ4v) is 5.86. The first-order valence-corrected chi connectivity index (χ1v) is 11.2. The predicted octanol–water partition coefficient (Wildman–Crippen LogP) is 0.805. The van der Waals surface area contributed by atoms with Crippen LogP contribution < -0.4 is 4.90 Å². The molecule has 1 saturated carbocycles. The molecule has 2 amide bonds. The maximum atomic E-state index is 13.2. The molecule has 2 bridgehead atoms. The molecule has 0 radical (unpaired) electrons. The first-order valence-electron chi connectivity index (χ1n) is 11.2. The smallest absolute Gasteiger partial charge is 0.244 e. The van der Waals surface area contributed by atoms with E-state index >= 15 is 0 Å². The van der Waals surface area contributed by atoms with E-state index in [1.54, 1.807) is 0 Å². The van der Waals surface area contributed by atoms with Gasteiger partial charge in [-0.15, -0.1) is 10.2 Å². The lowest BCUT2D eigenvalue weighted by Crippen LogP contribution is -2.53. The number of hydrogen-bond acceptors (Lipinski definition) is 7. The largest absolute Gasteiger partial charge is 0.323 e. The summed E-state index contributed by atoms with van der Waals surface area (Å²) in [6, 6.07) is 9.78. The minimum absolute atomic E-state index is 0.0569. The van der Waals surface area contributed by atoms with Gasteiger partial charge >= 0.3 is 0 Å². The van der Waals surface area contributed by atoms with Crippen molar-refractivity contribution < 1.29 is 9.59 Å². The summed E-state index contributed by atoms with van der Waals surface area (Å²) in [5.74, 6) is 0.906. The Morgan fingerprint density at radius 1 is 1.34 bits per heavy atom. The quantitative estimate of drug-likeness (QED) is 0.742. The summed E-state index contributed by atoms with van der Waals surface area (Å²) in [7, 11) is 0. The summed E-state index contributed by atoms with van der Waals surface area (Å²) in [5, 5.41) is 23.5. The highest BCUT2D eigenvalue weighted by molar-refractivity contribution is 6.01. The average molecular weight is 432 g/mol. The van der Waals surface area contributed by atoms with E-state index in [0.29, 0.717) is 18.3 Å². The third-order valence-electron chi connectivity index (χ3n) is 7.43.